The van der Waals surface area contributed by atoms with Crippen molar-refractivity contribution in [3.8, 4) is 5.75 Å². The number of anilines is 2. The van der Waals surface area contributed by atoms with Gasteiger partial charge in [-0.3, -0.25) is 14.9 Å². The second-order valence-electron chi connectivity index (χ2n) is 8.73. The molecule has 0 aromatic heterocycles. The lowest BCUT2D eigenvalue weighted by Gasteiger charge is -2.35. The van der Waals surface area contributed by atoms with E-state index in [4.69, 9.17) is 4.74 Å². The molecule has 35 heavy (non-hydrogen) atoms. The molecule has 0 radical (unpaired) electrons. The van der Waals surface area contributed by atoms with Gasteiger partial charge in [0.25, 0.3) is 0 Å². The highest BCUT2D eigenvalue weighted by molar-refractivity contribution is 7.89. The average molecular weight is 501 g/mol. The van der Waals surface area contributed by atoms with Crippen molar-refractivity contribution in [2.75, 3.05) is 17.7 Å². The van der Waals surface area contributed by atoms with E-state index >= 15 is 0 Å². The van der Waals surface area contributed by atoms with Crippen molar-refractivity contribution in [3.05, 3.63) is 48.0 Å². The average Bonchev–Trinajstić information content (AvgIpc) is 3.63. The monoisotopic (exact) mass is 500 g/mol. The number of sulfonamides is 1. The molecule has 186 valence electrons. The fourth-order valence-electron chi connectivity index (χ4n) is 4.18. The molecule has 1 aliphatic heterocycles. The summed E-state index contributed by atoms with van der Waals surface area (Å²) in [5.41, 5.74) is 0.754. The maximum atomic E-state index is 12.7. The van der Waals surface area contributed by atoms with Gasteiger partial charge in [-0.1, -0.05) is 19.1 Å². The van der Waals surface area contributed by atoms with Gasteiger partial charge in [0.2, 0.25) is 21.8 Å². The second kappa shape index (κ2) is 9.67. The second-order valence-corrected chi connectivity index (χ2v) is 10.4. The van der Waals surface area contributed by atoms with Gasteiger partial charge in [0.1, 0.15) is 10.6 Å². The smallest absolute Gasteiger partial charge is 0.323 e. The van der Waals surface area contributed by atoms with Crippen LogP contribution in [0.15, 0.2) is 47.4 Å². The summed E-state index contributed by atoms with van der Waals surface area (Å²) in [6.07, 6.45) is 2.83. The molecule has 11 heteroatoms. The van der Waals surface area contributed by atoms with E-state index in [0.29, 0.717) is 18.5 Å². The van der Waals surface area contributed by atoms with Crippen LogP contribution in [0.1, 0.15) is 44.6 Å². The lowest BCUT2D eigenvalue weighted by atomic mass is 9.72. The Kier molecular flexibility index (Phi) is 6.82. The highest BCUT2D eigenvalue weighted by Crippen LogP contribution is 2.36. The van der Waals surface area contributed by atoms with Crippen LogP contribution >= 0.6 is 0 Å². The third-order valence-corrected chi connectivity index (χ3v) is 7.92. The number of nitrogens with one attached hydrogen (secondary N) is 4. The summed E-state index contributed by atoms with van der Waals surface area (Å²) in [5.74, 6) is -0.402. The van der Waals surface area contributed by atoms with Gasteiger partial charge in [-0.15, -0.1) is 0 Å². The standard InChI is InChI=1S/C24H28N4O6S/c1-3-24(13-12-21(29)27-22(24)30)15-4-6-16(7-5-15)25-23(31)26-18-10-11-19(34-2)20(14-18)35(32,33)28-17-8-9-17/h4-7,10-11,14,17,28H,3,8-9,12-13H2,1-2H3,(H2,25,26,31)(H,27,29,30). The van der Waals surface area contributed by atoms with Crippen molar-refractivity contribution in [3.63, 3.8) is 0 Å². The molecule has 4 amide bonds. The van der Waals surface area contributed by atoms with E-state index in [1.165, 1.54) is 19.2 Å². The Hall–Kier alpha value is -3.44. The first-order chi connectivity index (χ1) is 16.7. The van der Waals surface area contributed by atoms with Crippen LogP contribution in [0, 0.1) is 0 Å². The number of rotatable bonds is 8. The van der Waals surface area contributed by atoms with E-state index < -0.39 is 21.5 Å². The van der Waals surface area contributed by atoms with Gasteiger partial charge in [0.15, 0.2) is 0 Å². The van der Waals surface area contributed by atoms with E-state index in [-0.39, 0.29) is 40.6 Å². The van der Waals surface area contributed by atoms with Crippen LogP contribution in [0.2, 0.25) is 0 Å². The minimum Gasteiger partial charge on any atom is -0.495 e. The summed E-state index contributed by atoms with van der Waals surface area (Å²) in [6.45, 7) is 1.90. The number of imide groups is 1. The quantitative estimate of drug-likeness (QED) is 0.411. The topological polar surface area (TPSA) is 143 Å². The summed E-state index contributed by atoms with van der Waals surface area (Å²) >= 11 is 0. The molecule has 2 aromatic rings. The number of carbonyl (C=O) groups is 3. The van der Waals surface area contributed by atoms with Crippen molar-refractivity contribution in [1.29, 1.82) is 0 Å². The van der Waals surface area contributed by atoms with Crippen LogP contribution in [0.25, 0.3) is 0 Å². The lowest BCUT2D eigenvalue weighted by molar-refractivity contribution is -0.138. The van der Waals surface area contributed by atoms with Gasteiger partial charge in [0, 0.05) is 23.8 Å². The molecule has 1 saturated carbocycles. The number of piperidine rings is 1. The number of methoxy groups -OCH3 is 1. The Morgan fingerprint density at radius 2 is 1.74 bits per heavy atom. The molecular formula is C24H28N4O6S. The Labute approximate surface area is 203 Å². The maximum absolute atomic E-state index is 12.7. The largest absolute Gasteiger partial charge is 0.495 e. The van der Waals surface area contributed by atoms with E-state index in [2.05, 4.69) is 20.7 Å². The van der Waals surface area contributed by atoms with Crippen LogP contribution in [0.5, 0.6) is 5.75 Å². The Balaban J connectivity index is 1.46. The third-order valence-electron chi connectivity index (χ3n) is 6.38. The number of amides is 4. The predicted molar refractivity (Wildman–Crippen MR) is 130 cm³/mol. The number of carbonyl (C=O) groups excluding carboxylic acids is 3. The first-order valence-electron chi connectivity index (χ1n) is 11.4. The molecule has 4 N–H and O–H groups in total. The summed E-state index contributed by atoms with van der Waals surface area (Å²) in [5, 5.41) is 7.75. The zero-order valence-corrected chi connectivity index (χ0v) is 20.3. The molecule has 0 bridgehead atoms. The predicted octanol–water partition coefficient (Wildman–Crippen LogP) is 2.86. The molecule has 1 atom stereocenters. The van der Waals surface area contributed by atoms with Crippen molar-refractivity contribution in [2.24, 2.45) is 0 Å². The van der Waals surface area contributed by atoms with E-state index in [1.54, 1.807) is 30.3 Å². The van der Waals surface area contributed by atoms with Gasteiger partial charge < -0.3 is 15.4 Å². The van der Waals surface area contributed by atoms with Crippen molar-refractivity contribution < 1.29 is 27.5 Å². The Morgan fingerprint density at radius 1 is 1.09 bits per heavy atom. The van der Waals surface area contributed by atoms with Crippen LogP contribution < -0.4 is 25.4 Å². The molecule has 10 nitrogen and oxygen atoms in total. The molecule has 2 fully saturated rings. The van der Waals surface area contributed by atoms with Gasteiger partial charge in [-0.05, 0) is 61.6 Å². The Bertz CT molecular complexity index is 1260. The summed E-state index contributed by atoms with van der Waals surface area (Å²) in [4.78, 5) is 36.6. The zero-order valence-electron chi connectivity index (χ0n) is 19.5. The molecule has 1 unspecified atom stereocenters. The van der Waals surface area contributed by atoms with Crippen LogP contribution in [-0.2, 0) is 25.0 Å². The van der Waals surface area contributed by atoms with E-state index in [9.17, 15) is 22.8 Å². The fraction of sp³-hybridized carbons (Fsp3) is 0.375. The first kappa shape index (κ1) is 24.7. The summed E-state index contributed by atoms with van der Waals surface area (Å²) in [7, 11) is -2.41. The molecule has 1 saturated heterocycles. The molecular weight excluding hydrogens is 472 g/mol. The van der Waals surface area contributed by atoms with E-state index in [0.717, 1.165) is 18.4 Å². The summed E-state index contributed by atoms with van der Waals surface area (Å²) in [6, 6.07) is 10.6. The minimum atomic E-state index is -3.79. The van der Waals surface area contributed by atoms with Crippen LogP contribution in [-0.4, -0.2) is 39.4 Å². The van der Waals surface area contributed by atoms with Crippen molar-refractivity contribution in [2.45, 2.75) is 55.4 Å². The number of hydrogen-bond acceptors (Lipinski definition) is 6. The lowest BCUT2D eigenvalue weighted by Crippen LogP contribution is -2.51. The number of ether oxygens (including phenoxy) is 1. The highest BCUT2D eigenvalue weighted by Gasteiger charge is 2.42. The van der Waals surface area contributed by atoms with Crippen LogP contribution in [0.4, 0.5) is 16.2 Å². The van der Waals surface area contributed by atoms with Gasteiger partial charge in [-0.2, -0.15) is 0 Å². The first-order valence-corrected chi connectivity index (χ1v) is 12.9. The SMILES string of the molecule is CCC1(c2ccc(NC(=O)Nc3ccc(OC)c(S(=O)(=O)NC4CC4)c3)cc2)CCC(=O)NC1=O. The normalized spacial score (nSPS) is 20.2. The summed E-state index contributed by atoms with van der Waals surface area (Å²) < 4.78 is 33.1. The number of benzene rings is 2. The van der Waals surface area contributed by atoms with Crippen LogP contribution in [0.3, 0.4) is 0 Å². The molecule has 0 spiro atoms. The zero-order chi connectivity index (χ0) is 25.2. The van der Waals surface area contributed by atoms with Crippen molar-refractivity contribution >= 4 is 39.2 Å². The van der Waals surface area contributed by atoms with Gasteiger partial charge in [-0.25, -0.2) is 17.9 Å². The molecule has 1 heterocycles. The van der Waals surface area contributed by atoms with E-state index in [1.807, 2.05) is 6.92 Å². The number of hydrogen-bond donors (Lipinski definition) is 4. The fourth-order valence-corrected chi connectivity index (χ4v) is 5.68. The third kappa shape index (κ3) is 5.30. The molecule has 2 aliphatic rings. The minimum absolute atomic E-state index is 0.0526. The molecule has 2 aromatic carbocycles. The molecule has 4 rings (SSSR count). The van der Waals surface area contributed by atoms with Gasteiger partial charge >= 0.3 is 6.03 Å². The van der Waals surface area contributed by atoms with Crippen molar-refractivity contribution in [1.82, 2.24) is 10.0 Å². The number of urea groups is 1. The highest BCUT2D eigenvalue weighted by atomic mass is 32.2. The Morgan fingerprint density at radius 3 is 2.34 bits per heavy atom. The maximum Gasteiger partial charge on any atom is 0.323 e. The van der Waals surface area contributed by atoms with Gasteiger partial charge in [0.05, 0.1) is 12.5 Å². The molecule has 1 aliphatic carbocycles.